The lowest BCUT2D eigenvalue weighted by atomic mass is 9.93. The summed E-state index contributed by atoms with van der Waals surface area (Å²) in [6, 6.07) is 15.0. The van der Waals surface area contributed by atoms with Crippen LogP contribution in [0.25, 0.3) is 16.9 Å². The van der Waals surface area contributed by atoms with Crippen molar-refractivity contribution in [3.05, 3.63) is 82.6 Å². The molecule has 5 rings (SSSR count). The molecule has 1 aliphatic heterocycles. The van der Waals surface area contributed by atoms with E-state index in [1.807, 2.05) is 23.6 Å². The minimum absolute atomic E-state index is 0.322. The maximum Gasteiger partial charge on any atom is 0.252 e. The molecule has 0 aliphatic carbocycles. The summed E-state index contributed by atoms with van der Waals surface area (Å²) in [5, 5.41) is 4.82. The topological polar surface area (TPSA) is 46.3 Å². The fraction of sp³-hybridized carbons (Fsp3) is 0.292. The minimum atomic E-state index is -0.322. The van der Waals surface area contributed by atoms with Gasteiger partial charge in [0.05, 0.1) is 10.7 Å². The number of likely N-dealkylation sites (tertiary alicyclic amines) is 1. The zero-order valence-corrected chi connectivity index (χ0v) is 18.1. The van der Waals surface area contributed by atoms with Crippen LogP contribution < -0.4 is 0 Å². The largest absolute Gasteiger partial charge is 0.298 e. The zero-order chi connectivity index (χ0) is 21.4. The molecule has 2 aromatic heterocycles. The lowest BCUT2D eigenvalue weighted by Crippen LogP contribution is -2.34. The summed E-state index contributed by atoms with van der Waals surface area (Å²) in [6.07, 6.45) is 3.82. The van der Waals surface area contributed by atoms with Gasteiger partial charge in [-0.25, -0.2) is 13.9 Å². The lowest BCUT2D eigenvalue weighted by molar-refractivity contribution is 0.197. The number of rotatable bonds is 4. The maximum atomic E-state index is 13.4. The molecule has 0 amide bonds. The molecule has 1 atom stereocenters. The van der Waals surface area contributed by atoms with Crippen molar-refractivity contribution in [1.29, 1.82) is 0 Å². The molecule has 1 saturated heterocycles. The number of nitrogens with zero attached hydrogens (tertiary/aromatic N) is 5. The van der Waals surface area contributed by atoms with Gasteiger partial charge in [-0.3, -0.25) is 4.90 Å². The van der Waals surface area contributed by atoms with E-state index in [-0.39, 0.29) is 5.82 Å². The molecular weight excluding hydrogens is 413 g/mol. The Balaban J connectivity index is 1.36. The van der Waals surface area contributed by atoms with E-state index in [9.17, 15) is 4.39 Å². The van der Waals surface area contributed by atoms with Crippen LogP contribution in [-0.2, 0) is 6.54 Å². The Morgan fingerprint density at radius 3 is 2.94 bits per heavy atom. The number of hydrogen-bond acceptors (Lipinski definition) is 4. The summed E-state index contributed by atoms with van der Waals surface area (Å²) in [7, 11) is 0. The predicted molar refractivity (Wildman–Crippen MR) is 120 cm³/mol. The Kier molecular flexibility index (Phi) is 5.42. The Hall–Kier alpha value is -2.83. The Labute approximate surface area is 185 Å². The summed E-state index contributed by atoms with van der Waals surface area (Å²) < 4.78 is 15.3. The third-order valence-electron chi connectivity index (χ3n) is 5.91. The number of fused-ring (bicyclic) bond motifs is 1. The molecule has 0 N–H and O–H groups in total. The van der Waals surface area contributed by atoms with Gasteiger partial charge in [-0.05, 0) is 67.8 Å². The second-order valence-electron chi connectivity index (χ2n) is 8.19. The van der Waals surface area contributed by atoms with E-state index in [2.05, 4.69) is 38.2 Å². The smallest absolute Gasteiger partial charge is 0.252 e. The standard InChI is InChI=1S/C24H23ClFN5/c1-16-10-23(31-24(29-16)27-15-28-31)19-6-3-9-30(14-19)13-17-4-2-5-18(11-17)21-8-7-20(26)12-22(21)25/h2,4-5,7-8,10-12,15,19H,3,6,9,13-14H2,1H3. The van der Waals surface area contributed by atoms with E-state index < -0.39 is 0 Å². The molecule has 0 saturated carbocycles. The highest BCUT2D eigenvalue weighted by Gasteiger charge is 2.24. The van der Waals surface area contributed by atoms with Crippen LogP contribution >= 0.6 is 11.6 Å². The SMILES string of the molecule is Cc1cc(C2CCCN(Cc3cccc(-c4ccc(F)cc4Cl)c3)C2)n2ncnc2n1. The lowest BCUT2D eigenvalue weighted by Gasteiger charge is -2.33. The molecule has 4 aromatic rings. The summed E-state index contributed by atoms with van der Waals surface area (Å²) in [4.78, 5) is 11.2. The van der Waals surface area contributed by atoms with Crippen molar-refractivity contribution in [3.8, 4) is 11.1 Å². The molecule has 0 radical (unpaired) electrons. The molecule has 1 fully saturated rings. The van der Waals surface area contributed by atoms with E-state index in [4.69, 9.17) is 11.6 Å². The molecule has 0 spiro atoms. The van der Waals surface area contributed by atoms with Gasteiger partial charge in [-0.1, -0.05) is 29.8 Å². The van der Waals surface area contributed by atoms with Gasteiger partial charge in [0.15, 0.2) is 0 Å². The van der Waals surface area contributed by atoms with Gasteiger partial charge in [-0.15, -0.1) is 0 Å². The van der Waals surface area contributed by atoms with Crippen molar-refractivity contribution < 1.29 is 4.39 Å². The van der Waals surface area contributed by atoms with Crippen LogP contribution in [0, 0.1) is 12.7 Å². The molecule has 0 bridgehead atoms. The number of aromatic nitrogens is 4. The number of benzene rings is 2. The van der Waals surface area contributed by atoms with E-state index in [1.54, 1.807) is 12.4 Å². The highest BCUT2D eigenvalue weighted by Crippen LogP contribution is 2.31. The minimum Gasteiger partial charge on any atom is -0.298 e. The average molecular weight is 436 g/mol. The first-order chi connectivity index (χ1) is 15.1. The maximum absolute atomic E-state index is 13.4. The highest BCUT2D eigenvalue weighted by molar-refractivity contribution is 6.33. The van der Waals surface area contributed by atoms with Crippen LogP contribution in [0.2, 0.25) is 5.02 Å². The fourth-order valence-electron chi connectivity index (χ4n) is 4.51. The molecule has 1 aliphatic rings. The molecule has 158 valence electrons. The molecule has 1 unspecified atom stereocenters. The van der Waals surface area contributed by atoms with Gasteiger partial charge >= 0.3 is 0 Å². The van der Waals surface area contributed by atoms with Gasteiger partial charge in [0.2, 0.25) is 0 Å². The van der Waals surface area contributed by atoms with E-state index in [1.165, 1.54) is 23.4 Å². The van der Waals surface area contributed by atoms with Gasteiger partial charge in [-0.2, -0.15) is 10.1 Å². The second-order valence-corrected chi connectivity index (χ2v) is 8.60. The normalized spacial score (nSPS) is 17.3. The van der Waals surface area contributed by atoms with Crippen LogP contribution in [-0.4, -0.2) is 37.6 Å². The van der Waals surface area contributed by atoms with Crippen molar-refractivity contribution in [2.75, 3.05) is 13.1 Å². The van der Waals surface area contributed by atoms with Crippen molar-refractivity contribution in [3.63, 3.8) is 0 Å². The number of piperidine rings is 1. The van der Waals surface area contributed by atoms with Crippen LogP contribution in [0.3, 0.4) is 0 Å². The number of halogens is 2. The fourth-order valence-corrected chi connectivity index (χ4v) is 4.79. The third kappa shape index (κ3) is 4.18. The van der Waals surface area contributed by atoms with Crippen molar-refractivity contribution in [1.82, 2.24) is 24.5 Å². The van der Waals surface area contributed by atoms with Crippen LogP contribution in [0.5, 0.6) is 0 Å². The van der Waals surface area contributed by atoms with Crippen molar-refractivity contribution in [2.24, 2.45) is 0 Å². The van der Waals surface area contributed by atoms with Crippen LogP contribution in [0.4, 0.5) is 4.39 Å². The first-order valence-electron chi connectivity index (χ1n) is 10.5. The van der Waals surface area contributed by atoms with E-state index in [0.717, 1.165) is 49.3 Å². The molecule has 3 heterocycles. The van der Waals surface area contributed by atoms with Crippen molar-refractivity contribution >= 4 is 17.4 Å². The zero-order valence-electron chi connectivity index (χ0n) is 17.3. The molecular formula is C24H23ClFN5. The Bertz CT molecular complexity index is 1240. The summed E-state index contributed by atoms with van der Waals surface area (Å²) in [5.74, 6) is 0.725. The summed E-state index contributed by atoms with van der Waals surface area (Å²) >= 11 is 6.28. The molecule has 31 heavy (non-hydrogen) atoms. The number of aryl methyl sites for hydroxylation is 1. The van der Waals surface area contributed by atoms with Gasteiger partial charge < -0.3 is 0 Å². The van der Waals surface area contributed by atoms with Crippen LogP contribution in [0.1, 0.15) is 35.7 Å². The average Bonchev–Trinajstić information content (AvgIpc) is 3.22. The third-order valence-corrected chi connectivity index (χ3v) is 6.22. The van der Waals surface area contributed by atoms with E-state index >= 15 is 0 Å². The first-order valence-corrected chi connectivity index (χ1v) is 10.9. The summed E-state index contributed by atoms with van der Waals surface area (Å²) in [5.41, 5.74) is 5.22. The van der Waals surface area contributed by atoms with Gasteiger partial charge in [0, 0.05) is 30.3 Å². The van der Waals surface area contributed by atoms with E-state index in [0.29, 0.717) is 16.7 Å². The quantitative estimate of drug-likeness (QED) is 0.438. The van der Waals surface area contributed by atoms with Gasteiger partial charge in [0.1, 0.15) is 12.1 Å². The highest BCUT2D eigenvalue weighted by atomic mass is 35.5. The molecule has 7 heteroatoms. The van der Waals surface area contributed by atoms with Gasteiger partial charge in [0.25, 0.3) is 5.78 Å². The monoisotopic (exact) mass is 435 g/mol. The van der Waals surface area contributed by atoms with Crippen molar-refractivity contribution in [2.45, 2.75) is 32.2 Å². The molecule has 5 nitrogen and oxygen atoms in total. The molecule has 2 aromatic carbocycles. The first kappa shape index (κ1) is 20.1. The Morgan fingerprint density at radius 2 is 2.06 bits per heavy atom. The second kappa shape index (κ2) is 8.36. The number of hydrogen-bond donors (Lipinski definition) is 0. The Morgan fingerprint density at radius 1 is 1.16 bits per heavy atom. The summed E-state index contributed by atoms with van der Waals surface area (Å²) in [6.45, 7) is 4.88. The van der Waals surface area contributed by atoms with Crippen LogP contribution in [0.15, 0.2) is 54.9 Å². The predicted octanol–water partition coefficient (Wildman–Crippen LogP) is 5.27.